The van der Waals surface area contributed by atoms with E-state index in [-0.39, 0.29) is 5.91 Å². The third kappa shape index (κ3) is 3.82. The molecule has 0 saturated carbocycles. The predicted molar refractivity (Wildman–Crippen MR) is 85.2 cm³/mol. The number of hydrogen-bond donors (Lipinski definition) is 1. The lowest BCUT2D eigenvalue weighted by molar-refractivity contribution is 0.0955. The van der Waals surface area contributed by atoms with Gasteiger partial charge >= 0.3 is 0 Å². The Morgan fingerprint density at radius 3 is 2.80 bits per heavy atom. The van der Waals surface area contributed by atoms with Crippen molar-refractivity contribution in [1.82, 2.24) is 5.43 Å². The molecule has 0 fully saturated rings. The van der Waals surface area contributed by atoms with Gasteiger partial charge in [-0.3, -0.25) is 4.79 Å². The lowest BCUT2D eigenvalue weighted by Gasteiger charge is -2.12. The smallest absolute Gasteiger partial charge is 0.271 e. The predicted octanol–water partition coefficient (Wildman–Crippen LogP) is 3.23. The van der Waals surface area contributed by atoms with Crippen LogP contribution >= 0.6 is 22.9 Å². The van der Waals surface area contributed by atoms with Crippen LogP contribution in [0.5, 0.6) is 0 Å². The van der Waals surface area contributed by atoms with Crippen LogP contribution in [0.3, 0.4) is 0 Å². The van der Waals surface area contributed by atoms with Crippen molar-refractivity contribution in [2.45, 2.75) is 0 Å². The molecule has 6 heteroatoms. The second kappa shape index (κ2) is 6.54. The van der Waals surface area contributed by atoms with Crippen molar-refractivity contribution in [3.8, 4) is 0 Å². The summed E-state index contributed by atoms with van der Waals surface area (Å²) in [7, 11) is 3.85. The molecule has 0 unspecified atom stereocenters. The zero-order chi connectivity index (χ0) is 14.5. The largest absolute Gasteiger partial charge is 0.378 e. The molecule has 0 atom stereocenters. The van der Waals surface area contributed by atoms with Gasteiger partial charge in [0.2, 0.25) is 0 Å². The van der Waals surface area contributed by atoms with E-state index >= 15 is 0 Å². The third-order valence-electron chi connectivity index (χ3n) is 2.58. The Labute approximate surface area is 126 Å². The summed E-state index contributed by atoms with van der Waals surface area (Å²) in [5, 5.41) is 3.92. The molecule has 1 aromatic carbocycles. The van der Waals surface area contributed by atoms with Gasteiger partial charge in [-0.05, 0) is 30.3 Å². The van der Waals surface area contributed by atoms with E-state index in [9.17, 15) is 4.79 Å². The quantitative estimate of drug-likeness (QED) is 0.696. The van der Waals surface area contributed by atoms with Gasteiger partial charge in [0, 0.05) is 30.2 Å². The molecule has 0 radical (unpaired) electrons. The molecular formula is C14H14ClN3OS. The number of benzene rings is 1. The van der Waals surface area contributed by atoms with Crippen LogP contribution < -0.4 is 10.3 Å². The van der Waals surface area contributed by atoms with Crippen LogP contribution in [0.25, 0.3) is 0 Å². The Balaban J connectivity index is 2.01. The van der Waals surface area contributed by atoms with E-state index in [0.29, 0.717) is 9.90 Å². The summed E-state index contributed by atoms with van der Waals surface area (Å²) >= 11 is 7.21. The number of nitrogens with zero attached hydrogens (tertiary/aromatic N) is 2. The van der Waals surface area contributed by atoms with Crippen molar-refractivity contribution >= 4 is 40.7 Å². The number of anilines is 1. The highest BCUT2D eigenvalue weighted by atomic mass is 35.5. The summed E-state index contributed by atoms with van der Waals surface area (Å²) in [6, 6.07) is 11.0. The molecule has 0 spiro atoms. The number of hydrogen-bond acceptors (Lipinski definition) is 4. The molecule has 2 rings (SSSR count). The van der Waals surface area contributed by atoms with Crippen LogP contribution in [0.4, 0.5) is 5.69 Å². The van der Waals surface area contributed by atoms with Crippen LogP contribution in [-0.2, 0) is 0 Å². The standard InChI is InChI=1S/C14H14ClN3OS/c1-18(2)11-5-3-4-10(8-11)14(19)17-16-9-12-6-7-13(15)20-12/h3-9H,1-2H3,(H,17,19)/b16-9-. The summed E-state index contributed by atoms with van der Waals surface area (Å²) in [5.74, 6) is -0.243. The molecule has 0 aliphatic heterocycles. The van der Waals surface area contributed by atoms with E-state index < -0.39 is 0 Å². The van der Waals surface area contributed by atoms with Crippen molar-refractivity contribution in [3.05, 3.63) is 51.2 Å². The van der Waals surface area contributed by atoms with Gasteiger partial charge in [0.1, 0.15) is 0 Å². The molecule has 0 aliphatic carbocycles. The highest BCUT2D eigenvalue weighted by Gasteiger charge is 2.05. The maximum Gasteiger partial charge on any atom is 0.271 e. The van der Waals surface area contributed by atoms with Gasteiger partial charge in [-0.1, -0.05) is 17.7 Å². The maximum atomic E-state index is 11.9. The van der Waals surface area contributed by atoms with Gasteiger partial charge in [-0.15, -0.1) is 11.3 Å². The third-order valence-corrected chi connectivity index (χ3v) is 3.74. The number of halogens is 1. The fourth-order valence-corrected chi connectivity index (χ4v) is 2.48. The second-order valence-corrected chi connectivity index (χ2v) is 6.03. The topological polar surface area (TPSA) is 44.7 Å². The number of nitrogens with one attached hydrogen (secondary N) is 1. The zero-order valence-corrected chi connectivity index (χ0v) is 12.7. The Bertz CT molecular complexity index is 637. The van der Waals surface area contributed by atoms with Crippen molar-refractivity contribution in [3.63, 3.8) is 0 Å². The molecule has 1 aromatic heterocycles. The molecule has 0 aliphatic rings. The van der Waals surface area contributed by atoms with E-state index in [1.165, 1.54) is 11.3 Å². The summed E-state index contributed by atoms with van der Waals surface area (Å²) < 4.78 is 0.691. The van der Waals surface area contributed by atoms with Gasteiger partial charge in [0.05, 0.1) is 10.6 Å². The average Bonchev–Trinajstić information content (AvgIpc) is 2.84. The minimum absolute atomic E-state index is 0.243. The van der Waals surface area contributed by atoms with Crippen molar-refractivity contribution in [2.75, 3.05) is 19.0 Å². The van der Waals surface area contributed by atoms with Crippen molar-refractivity contribution in [1.29, 1.82) is 0 Å². The van der Waals surface area contributed by atoms with Crippen LogP contribution in [-0.4, -0.2) is 26.2 Å². The average molecular weight is 308 g/mol. The van der Waals surface area contributed by atoms with E-state index in [2.05, 4.69) is 10.5 Å². The number of carbonyl (C=O) groups is 1. The van der Waals surface area contributed by atoms with Gasteiger partial charge in [-0.25, -0.2) is 5.43 Å². The lowest BCUT2D eigenvalue weighted by Crippen LogP contribution is -2.18. The van der Waals surface area contributed by atoms with Gasteiger partial charge in [0.15, 0.2) is 0 Å². The normalized spacial score (nSPS) is 10.8. The SMILES string of the molecule is CN(C)c1cccc(C(=O)N/N=C\c2ccc(Cl)s2)c1. The van der Waals surface area contributed by atoms with Crippen LogP contribution in [0.1, 0.15) is 15.2 Å². The fourth-order valence-electron chi connectivity index (χ4n) is 1.54. The number of carbonyl (C=O) groups excluding carboxylic acids is 1. The van der Waals surface area contributed by atoms with E-state index in [0.717, 1.165) is 10.6 Å². The molecule has 0 saturated heterocycles. The second-order valence-electron chi connectivity index (χ2n) is 4.29. The van der Waals surface area contributed by atoms with Crippen LogP contribution in [0.2, 0.25) is 4.34 Å². The first-order chi connectivity index (χ1) is 9.56. The van der Waals surface area contributed by atoms with Gasteiger partial charge in [0.25, 0.3) is 5.91 Å². The maximum absolute atomic E-state index is 11.9. The number of hydrazone groups is 1. The molecule has 20 heavy (non-hydrogen) atoms. The minimum atomic E-state index is -0.243. The fraction of sp³-hybridized carbons (Fsp3) is 0.143. The Morgan fingerprint density at radius 1 is 1.35 bits per heavy atom. The molecule has 1 N–H and O–H groups in total. The summed E-state index contributed by atoms with van der Waals surface area (Å²) in [6.45, 7) is 0. The highest BCUT2D eigenvalue weighted by molar-refractivity contribution is 7.17. The zero-order valence-electron chi connectivity index (χ0n) is 11.1. The Morgan fingerprint density at radius 2 is 2.15 bits per heavy atom. The first-order valence-corrected chi connectivity index (χ1v) is 7.12. The Kier molecular flexibility index (Phi) is 4.76. The van der Waals surface area contributed by atoms with Crippen molar-refractivity contribution in [2.24, 2.45) is 5.10 Å². The Hall–Kier alpha value is -1.85. The van der Waals surface area contributed by atoms with E-state index in [1.807, 2.05) is 43.3 Å². The molecule has 104 valence electrons. The van der Waals surface area contributed by atoms with Gasteiger partial charge in [-0.2, -0.15) is 5.10 Å². The minimum Gasteiger partial charge on any atom is -0.378 e. The first-order valence-electron chi connectivity index (χ1n) is 5.92. The monoisotopic (exact) mass is 307 g/mol. The summed E-state index contributed by atoms with van der Waals surface area (Å²) in [5.41, 5.74) is 4.03. The van der Waals surface area contributed by atoms with E-state index in [1.54, 1.807) is 18.3 Å². The van der Waals surface area contributed by atoms with Crippen molar-refractivity contribution < 1.29 is 4.79 Å². The van der Waals surface area contributed by atoms with Crippen LogP contribution in [0.15, 0.2) is 41.5 Å². The number of rotatable bonds is 4. The molecule has 2 aromatic rings. The molecular weight excluding hydrogens is 294 g/mol. The summed E-state index contributed by atoms with van der Waals surface area (Å²) in [4.78, 5) is 14.8. The van der Waals surface area contributed by atoms with E-state index in [4.69, 9.17) is 11.6 Å². The van der Waals surface area contributed by atoms with Crippen LogP contribution in [0, 0.1) is 0 Å². The molecule has 1 heterocycles. The molecule has 1 amide bonds. The number of thiophene rings is 1. The highest BCUT2D eigenvalue weighted by Crippen LogP contribution is 2.19. The summed E-state index contributed by atoms with van der Waals surface area (Å²) in [6.07, 6.45) is 1.57. The molecule has 0 bridgehead atoms. The molecule has 4 nitrogen and oxygen atoms in total. The van der Waals surface area contributed by atoms with Gasteiger partial charge < -0.3 is 4.90 Å². The first kappa shape index (κ1) is 14.6. The number of amides is 1. The lowest BCUT2D eigenvalue weighted by atomic mass is 10.2.